The van der Waals surface area contributed by atoms with E-state index in [1.165, 1.54) is 12.1 Å². The van der Waals surface area contributed by atoms with Gasteiger partial charge in [-0.15, -0.1) is 0 Å². The van der Waals surface area contributed by atoms with Gasteiger partial charge in [0.2, 0.25) is 0 Å². The van der Waals surface area contributed by atoms with E-state index in [0.29, 0.717) is 37.2 Å². The quantitative estimate of drug-likeness (QED) is 0.196. The summed E-state index contributed by atoms with van der Waals surface area (Å²) in [7, 11) is -2.62. The molecule has 33 heavy (non-hydrogen) atoms. The van der Waals surface area contributed by atoms with E-state index >= 15 is 0 Å². The number of aromatic hydroxyl groups is 2. The fraction of sp³-hybridized carbons (Fsp3) is 0. The number of halogens is 2. The maximum absolute atomic E-state index is 14.0. The van der Waals surface area contributed by atoms with Gasteiger partial charge in [0.1, 0.15) is 17.3 Å². The molecule has 0 aliphatic carbocycles. The number of rotatable bonds is 4. The van der Waals surface area contributed by atoms with Crippen molar-refractivity contribution >= 4 is 57.2 Å². The van der Waals surface area contributed by atoms with Gasteiger partial charge in [-0.3, -0.25) is 0 Å². The van der Waals surface area contributed by atoms with Crippen molar-refractivity contribution in [3.63, 3.8) is 0 Å². The Hall–Kier alpha value is -3.55. The van der Waals surface area contributed by atoms with Crippen LogP contribution < -0.4 is 10.2 Å². The van der Waals surface area contributed by atoms with Gasteiger partial charge in [-0.1, -0.05) is 60.7 Å². The molecular formula is C26H17BrFNO3Si. The first-order chi connectivity index (χ1) is 15.9. The summed E-state index contributed by atoms with van der Waals surface area (Å²) >= 11 is 3.11. The van der Waals surface area contributed by atoms with Gasteiger partial charge in [0.05, 0.1) is 4.47 Å². The average Bonchev–Trinajstić information content (AvgIpc) is 2.83. The van der Waals surface area contributed by atoms with Crippen molar-refractivity contribution in [1.82, 2.24) is 0 Å². The largest absolute Gasteiger partial charge is 0.507 e. The molecule has 0 spiro atoms. The Morgan fingerprint density at radius 3 is 2.27 bits per heavy atom. The smallest absolute Gasteiger partial charge is 0.433 e. The zero-order valence-electron chi connectivity index (χ0n) is 17.1. The number of anilines is 1. The van der Waals surface area contributed by atoms with Crippen molar-refractivity contribution in [3.05, 3.63) is 95.2 Å². The molecule has 0 aliphatic rings. The molecule has 0 aromatic heterocycles. The SMILES string of the molecule is O=[Si](Nc1cc(-c2c(O)ccc3ccccc23)c(O)c2ccccc12)c1ccc(Br)c(F)c1. The Labute approximate surface area is 198 Å². The van der Waals surface area contributed by atoms with E-state index in [1.54, 1.807) is 36.4 Å². The first kappa shape index (κ1) is 21.3. The second-order valence-corrected chi connectivity index (χ2v) is 9.97. The normalized spacial score (nSPS) is 11.1. The van der Waals surface area contributed by atoms with Crippen LogP contribution in [-0.4, -0.2) is 19.1 Å². The van der Waals surface area contributed by atoms with Crippen LogP contribution in [0.1, 0.15) is 0 Å². The highest BCUT2D eigenvalue weighted by molar-refractivity contribution is 9.10. The molecule has 0 unspecified atom stereocenters. The second kappa shape index (κ2) is 8.42. The van der Waals surface area contributed by atoms with Crippen LogP contribution in [0.3, 0.4) is 0 Å². The molecule has 0 saturated heterocycles. The lowest BCUT2D eigenvalue weighted by Crippen LogP contribution is -2.30. The van der Waals surface area contributed by atoms with Crippen molar-refractivity contribution in [2.24, 2.45) is 0 Å². The highest BCUT2D eigenvalue weighted by Crippen LogP contribution is 2.45. The van der Waals surface area contributed by atoms with E-state index in [4.69, 9.17) is 0 Å². The summed E-state index contributed by atoms with van der Waals surface area (Å²) in [5.41, 5.74) is 1.40. The van der Waals surface area contributed by atoms with Gasteiger partial charge in [-0.2, -0.15) is 0 Å². The molecular weight excluding hydrogens is 501 g/mol. The minimum absolute atomic E-state index is 0.0113. The molecule has 0 fully saturated rings. The molecule has 0 aliphatic heterocycles. The molecule has 0 saturated carbocycles. The van der Waals surface area contributed by atoms with Crippen LogP contribution in [0.4, 0.5) is 10.1 Å². The Morgan fingerprint density at radius 1 is 0.818 bits per heavy atom. The fourth-order valence-corrected chi connectivity index (χ4v) is 5.36. The maximum Gasteiger partial charge on any atom is 0.433 e. The third-order valence-corrected chi connectivity index (χ3v) is 7.60. The molecule has 5 rings (SSSR count). The van der Waals surface area contributed by atoms with Crippen LogP contribution in [0.2, 0.25) is 0 Å². The highest BCUT2D eigenvalue weighted by Gasteiger charge is 2.20. The van der Waals surface area contributed by atoms with Crippen LogP contribution in [-0.2, 0) is 4.46 Å². The topological polar surface area (TPSA) is 69.6 Å². The van der Waals surface area contributed by atoms with Crippen LogP contribution in [0, 0.1) is 5.82 Å². The number of phenols is 2. The zero-order chi connectivity index (χ0) is 23.1. The van der Waals surface area contributed by atoms with E-state index in [0.717, 1.165) is 10.8 Å². The van der Waals surface area contributed by atoms with Gasteiger partial charge in [0.25, 0.3) is 0 Å². The van der Waals surface area contributed by atoms with Gasteiger partial charge < -0.3 is 19.7 Å². The van der Waals surface area contributed by atoms with Crippen LogP contribution >= 0.6 is 15.9 Å². The average molecular weight is 518 g/mol. The number of benzene rings is 5. The Kier molecular flexibility index (Phi) is 5.44. The van der Waals surface area contributed by atoms with Crippen LogP contribution in [0.15, 0.2) is 89.4 Å². The number of nitrogens with one attached hydrogen (secondary N) is 1. The third-order valence-electron chi connectivity index (χ3n) is 5.62. The van der Waals surface area contributed by atoms with E-state index in [1.807, 2.05) is 36.4 Å². The lowest BCUT2D eigenvalue weighted by Gasteiger charge is -2.16. The Bertz CT molecular complexity index is 1570. The molecule has 4 nitrogen and oxygen atoms in total. The molecule has 7 heteroatoms. The fourth-order valence-electron chi connectivity index (χ4n) is 4.03. The summed E-state index contributed by atoms with van der Waals surface area (Å²) in [6, 6.07) is 24.2. The lowest BCUT2D eigenvalue weighted by molar-refractivity contribution is 0.472. The first-order valence-corrected chi connectivity index (χ1v) is 12.4. The Balaban J connectivity index is 1.72. The molecule has 5 aromatic rings. The summed E-state index contributed by atoms with van der Waals surface area (Å²) in [6.45, 7) is 0. The van der Waals surface area contributed by atoms with Crippen molar-refractivity contribution in [1.29, 1.82) is 0 Å². The molecule has 5 aromatic carbocycles. The van der Waals surface area contributed by atoms with Crippen molar-refractivity contribution < 1.29 is 19.1 Å². The molecule has 0 bridgehead atoms. The van der Waals surface area contributed by atoms with Crippen molar-refractivity contribution in [2.45, 2.75) is 0 Å². The first-order valence-electron chi connectivity index (χ1n) is 10.2. The molecule has 0 radical (unpaired) electrons. The van der Waals surface area contributed by atoms with E-state index in [2.05, 4.69) is 20.9 Å². The predicted molar refractivity (Wildman–Crippen MR) is 134 cm³/mol. The molecule has 162 valence electrons. The third kappa shape index (κ3) is 3.79. The monoisotopic (exact) mass is 517 g/mol. The second-order valence-electron chi connectivity index (χ2n) is 7.63. The molecule has 0 amide bonds. The minimum atomic E-state index is -2.62. The van der Waals surface area contributed by atoms with Crippen molar-refractivity contribution in [3.8, 4) is 22.6 Å². The summed E-state index contributed by atoms with van der Waals surface area (Å²) in [5.74, 6) is -0.463. The lowest BCUT2D eigenvalue weighted by atomic mass is 9.93. The van der Waals surface area contributed by atoms with Gasteiger partial charge in [-0.25, -0.2) is 4.39 Å². The molecule has 0 atom stereocenters. The van der Waals surface area contributed by atoms with Gasteiger partial charge >= 0.3 is 8.84 Å². The van der Waals surface area contributed by atoms with E-state index in [-0.39, 0.29) is 11.5 Å². The highest BCUT2D eigenvalue weighted by atomic mass is 79.9. The molecule has 0 heterocycles. The zero-order valence-corrected chi connectivity index (χ0v) is 19.7. The summed E-state index contributed by atoms with van der Waals surface area (Å²) in [4.78, 5) is 3.02. The van der Waals surface area contributed by atoms with E-state index < -0.39 is 14.7 Å². The number of fused-ring (bicyclic) bond motifs is 2. The van der Waals surface area contributed by atoms with Gasteiger partial charge in [-0.05, 0) is 51.0 Å². The van der Waals surface area contributed by atoms with Crippen LogP contribution in [0.25, 0.3) is 32.7 Å². The van der Waals surface area contributed by atoms with Crippen LogP contribution in [0.5, 0.6) is 11.5 Å². The number of hydrogen-bond acceptors (Lipinski definition) is 3. The summed E-state index contributed by atoms with van der Waals surface area (Å²) in [6.07, 6.45) is 0. The predicted octanol–water partition coefficient (Wildman–Crippen LogP) is 6.21. The summed E-state index contributed by atoms with van der Waals surface area (Å²) in [5, 5.41) is 25.1. The van der Waals surface area contributed by atoms with Gasteiger partial charge in [0, 0.05) is 32.8 Å². The van der Waals surface area contributed by atoms with Gasteiger partial charge in [0.15, 0.2) is 0 Å². The minimum Gasteiger partial charge on any atom is -0.507 e. The standard InChI is InChI=1S/C26H17BrFNO3Si/c27-21-11-10-16(13-22(21)28)33(32)29-23-14-20(26(31)19-8-4-3-7-18(19)23)25-17-6-2-1-5-15(17)9-12-24(25)30/h1-14,29-31H. The Morgan fingerprint density at radius 2 is 1.52 bits per heavy atom. The summed E-state index contributed by atoms with van der Waals surface area (Å²) < 4.78 is 27.4. The molecule has 3 N–H and O–H groups in total. The maximum atomic E-state index is 14.0. The van der Waals surface area contributed by atoms with E-state index in [9.17, 15) is 19.1 Å². The number of phenolic OH excluding ortho intramolecular Hbond substituents is 2. The van der Waals surface area contributed by atoms with Crippen molar-refractivity contribution in [2.75, 3.05) is 4.98 Å². The number of hydrogen-bond donors (Lipinski definition) is 3.